The predicted octanol–water partition coefficient (Wildman–Crippen LogP) is 1.91. The van der Waals surface area contributed by atoms with Crippen molar-refractivity contribution in [1.29, 1.82) is 0 Å². The van der Waals surface area contributed by atoms with Gasteiger partial charge in [-0.25, -0.2) is 0 Å². The molecule has 0 radical (unpaired) electrons. The summed E-state index contributed by atoms with van der Waals surface area (Å²) in [5.41, 5.74) is 1.81. The summed E-state index contributed by atoms with van der Waals surface area (Å²) in [5, 5.41) is 9.61. The van der Waals surface area contributed by atoms with Crippen molar-refractivity contribution < 1.29 is 14.3 Å². The molecule has 1 aromatic carbocycles. The molecule has 16 heavy (non-hydrogen) atoms. The van der Waals surface area contributed by atoms with Crippen LogP contribution in [0.2, 0.25) is 5.82 Å². The third-order valence-electron chi connectivity index (χ3n) is 2.21. The van der Waals surface area contributed by atoms with Gasteiger partial charge in [0.25, 0.3) is 0 Å². The number of rotatable bonds is 3. The first-order chi connectivity index (χ1) is 7.70. The summed E-state index contributed by atoms with van der Waals surface area (Å²) in [4.78, 5) is 10.5. The number of furan rings is 1. The molecule has 2 aromatic rings. The molecule has 0 saturated carbocycles. The molecule has 0 unspecified atom stereocenters. The molecule has 0 spiro atoms. The number of carboxylic acids is 1. The van der Waals surface area contributed by atoms with Crippen LogP contribution < -0.4 is 4.46 Å². The molecule has 4 heteroatoms. The zero-order valence-corrected chi connectivity index (χ0v) is 10.3. The molecule has 0 fully saturated rings. The number of carbonyl (C=O) groups is 1. The molecule has 0 atom stereocenters. The third-order valence-corrected chi connectivity index (χ3v) is 3.87. The van der Waals surface area contributed by atoms with Gasteiger partial charge >= 0.3 is 98.7 Å². The number of aliphatic carboxylic acids is 1. The van der Waals surface area contributed by atoms with Gasteiger partial charge in [0, 0.05) is 0 Å². The summed E-state index contributed by atoms with van der Waals surface area (Å²) < 4.78 is 6.46. The molecule has 1 heterocycles. The molecular weight excluding hydrogens is 271 g/mol. The normalized spacial score (nSPS) is 11.3. The van der Waals surface area contributed by atoms with Crippen LogP contribution >= 0.6 is 0 Å². The van der Waals surface area contributed by atoms with E-state index < -0.39 is 5.97 Å². The van der Waals surface area contributed by atoms with Crippen LogP contribution in [0.4, 0.5) is 0 Å². The van der Waals surface area contributed by atoms with Gasteiger partial charge < -0.3 is 0 Å². The summed E-state index contributed by atoms with van der Waals surface area (Å²) in [6, 6.07) is 5.82. The second kappa shape index (κ2) is 4.56. The van der Waals surface area contributed by atoms with Gasteiger partial charge in [-0.05, 0) is 0 Å². The van der Waals surface area contributed by atoms with E-state index in [9.17, 15) is 4.79 Å². The molecule has 2 rings (SSSR count). The molecule has 1 N–H and O–H groups in total. The Kier molecular flexibility index (Phi) is 3.13. The maximum atomic E-state index is 10.5. The molecule has 0 bridgehead atoms. The van der Waals surface area contributed by atoms with Crippen LogP contribution in [0.1, 0.15) is 5.56 Å². The number of hydrogen-bond acceptors (Lipinski definition) is 2. The molecule has 0 aliphatic rings. The first-order valence-electron chi connectivity index (χ1n) is 4.67. The summed E-state index contributed by atoms with van der Waals surface area (Å²) in [7, 11) is 0. The van der Waals surface area contributed by atoms with Crippen molar-refractivity contribution in [2.45, 2.75) is 5.82 Å². The number of fused-ring (bicyclic) bond motifs is 1. The van der Waals surface area contributed by atoms with E-state index in [-0.39, 0.29) is 0 Å². The molecule has 3 nitrogen and oxygen atoms in total. The standard InChI is InChI=1S/C12H10O3Se/c1-16-11-7-10-8(4-5-15-10)6-9(11)2-3-12(13)14/h2-7H,1H3,(H,13,14)/b3-2+. The minimum absolute atomic E-state index is 0.305. The van der Waals surface area contributed by atoms with Gasteiger partial charge in [0.15, 0.2) is 0 Å². The van der Waals surface area contributed by atoms with Crippen LogP contribution in [0.25, 0.3) is 17.0 Å². The quantitative estimate of drug-likeness (QED) is 0.690. The van der Waals surface area contributed by atoms with E-state index in [0.717, 1.165) is 27.1 Å². The SMILES string of the molecule is C[Se]c1cc2occc2cc1/C=C/C(=O)O. The average Bonchev–Trinajstić information content (AvgIpc) is 2.71. The topological polar surface area (TPSA) is 50.4 Å². The van der Waals surface area contributed by atoms with Crippen LogP contribution in [-0.2, 0) is 4.79 Å². The molecule has 0 saturated heterocycles. The Labute approximate surface area is 98.9 Å². The van der Waals surface area contributed by atoms with E-state index in [2.05, 4.69) is 5.82 Å². The van der Waals surface area contributed by atoms with E-state index in [4.69, 9.17) is 9.52 Å². The van der Waals surface area contributed by atoms with Crippen molar-refractivity contribution in [3.8, 4) is 0 Å². The molecule has 82 valence electrons. The van der Waals surface area contributed by atoms with Crippen molar-refractivity contribution >= 4 is 42.4 Å². The van der Waals surface area contributed by atoms with E-state index in [1.807, 2.05) is 18.2 Å². The first kappa shape index (κ1) is 11.0. The summed E-state index contributed by atoms with van der Waals surface area (Å²) in [6.45, 7) is 0. The molecule has 1 aromatic heterocycles. The van der Waals surface area contributed by atoms with E-state index >= 15 is 0 Å². The zero-order valence-electron chi connectivity index (χ0n) is 8.64. The Hall–Kier alpha value is -1.51. The number of benzene rings is 1. The van der Waals surface area contributed by atoms with E-state index in [1.165, 1.54) is 0 Å². The summed E-state index contributed by atoms with van der Waals surface area (Å²) in [6.07, 6.45) is 4.44. The Morgan fingerprint density at radius 1 is 1.50 bits per heavy atom. The fraction of sp³-hybridized carbons (Fsp3) is 0.0833. The summed E-state index contributed by atoms with van der Waals surface area (Å²) >= 11 is 0.305. The van der Waals surface area contributed by atoms with Crippen LogP contribution in [0.15, 0.2) is 35.0 Å². The monoisotopic (exact) mass is 282 g/mol. The average molecular weight is 281 g/mol. The Balaban J connectivity index is 2.52. The van der Waals surface area contributed by atoms with Crippen LogP contribution in [0.3, 0.4) is 0 Å². The molecule has 0 amide bonds. The number of carboxylic acid groups (broad SMARTS) is 1. The fourth-order valence-corrected chi connectivity index (χ4v) is 2.71. The van der Waals surface area contributed by atoms with Gasteiger partial charge in [0.2, 0.25) is 0 Å². The van der Waals surface area contributed by atoms with Crippen LogP contribution in [-0.4, -0.2) is 26.0 Å². The van der Waals surface area contributed by atoms with Crippen molar-refractivity contribution in [3.05, 3.63) is 36.1 Å². The Bertz CT molecular complexity index is 554. The van der Waals surface area contributed by atoms with Crippen LogP contribution in [0, 0.1) is 0 Å². The van der Waals surface area contributed by atoms with E-state index in [1.54, 1.807) is 12.3 Å². The third kappa shape index (κ3) is 2.18. The second-order valence-corrected chi connectivity index (χ2v) is 5.00. The van der Waals surface area contributed by atoms with Gasteiger partial charge in [-0.1, -0.05) is 0 Å². The molecular formula is C12H10O3Se. The minimum atomic E-state index is -0.929. The maximum absolute atomic E-state index is 10.5. The predicted molar refractivity (Wildman–Crippen MR) is 64.1 cm³/mol. The van der Waals surface area contributed by atoms with Crippen molar-refractivity contribution in [2.75, 3.05) is 0 Å². The number of hydrogen-bond donors (Lipinski definition) is 1. The van der Waals surface area contributed by atoms with Crippen molar-refractivity contribution in [2.24, 2.45) is 0 Å². The summed E-state index contributed by atoms with van der Waals surface area (Å²) in [5.74, 6) is 1.16. The van der Waals surface area contributed by atoms with Crippen LogP contribution in [0.5, 0.6) is 0 Å². The van der Waals surface area contributed by atoms with E-state index in [0.29, 0.717) is 15.0 Å². The fourth-order valence-electron chi connectivity index (χ4n) is 1.48. The Morgan fingerprint density at radius 3 is 3.00 bits per heavy atom. The van der Waals surface area contributed by atoms with Crippen molar-refractivity contribution in [3.63, 3.8) is 0 Å². The first-order valence-corrected chi connectivity index (χ1v) is 7.24. The Morgan fingerprint density at radius 2 is 2.31 bits per heavy atom. The van der Waals surface area contributed by atoms with Gasteiger partial charge in [-0.3, -0.25) is 0 Å². The molecule has 0 aliphatic heterocycles. The van der Waals surface area contributed by atoms with Crippen molar-refractivity contribution in [1.82, 2.24) is 0 Å². The van der Waals surface area contributed by atoms with Gasteiger partial charge in [-0.15, -0.1) is 0 Å². The second-order valence-electron chi connectivity index (χ2n) is 3.22. The zero-order chi connectivity index (χ0) is 11.5. The molecule has 0 aliphatic carbocycles. The van der Waals surface area contributed by atoms with Gasteiger partial charge in [-0.2, -0.15) is 0 Å². The van der Waals surface area contributed by atoms with Gasteiger partial charge in [0.05, 0.1) is 0 Å². The van der Waals surface area contributed by atoms with Gasteiger partial charge in [0.1, 0.15) is 0 Å².